The lowest BCUT2D eigenvalue weighted by molar-refractivity contribution is -0.221. The van der Waals surface area contributed by atoms with Crippen molar-refractivity contribution < 1.29 is 38.7 Å². The summed E-state index contributed by atoms with van der Waals surface area (Å²) in [5.41, 5.74) is -3.47. The van der Waals surface area contributed by atoms with Crippen LogP contribution < -0.4 is 10.1 Å². The smallest absolute Gasteiger partial charge is 0.420 e. The minimum atomic E-state index is -3.83. The molecule has 0 radical (unpaired) electrons. The lowest BCUT2D eigenvalue weighted by Gasteiger charge is -2.40. The van der Waals surface area contributed by atoms with E-state index < -0.39 is 42.8 Å². The molecule has 10 heteroatoms. The van der Waals surface area contributed by atoms with Crippen molar-refractivity contribution in [1.29, 1.82) is 0 Å². The van der Waals surface area contributed by atoms with Gasteiger partial charge in [-0.2, -0.15) is 0 Å². The maximum atomic E-state index is 12.5. The number of alkyl halides is 3. The Kier molecular flexibility index (Phi) is 5.61. The Morgan fingerprint density at radius 1 is 1.13 bits per heavy atom. The highest BCUT2D eigenvalue weighted by Gasteiger charge is 2.43. The van der Waals surface area contributed by atoms with E-state index in [2.05, 4.69) is 21.7 Å². The molecular formula is C13H16ClF2NO6. The number of benzene rings is 1. The van der Waals surface area contributed by atoms with Gasteiger partial charge in [0.2, 0.25) is 0 Å². The molecular weight excluding hydrogens is 340 g/mol. The molecule has 5 N–H and O–H groups in total. The zero-order valence-electron chi connectivity index (χ0n) is 11.6. The van der Waals surface area contributed by atoms with E-state index in [1.165, 1.54) is 24.3 Å². The summed E-state index contributed by atoms with van der Waals surface area (Å²) < 4.78 is 34.4. The van der Waals surface area contributed by atoms with Crippen LogP contribution in [0.5, 0.6) is 5.75 Å². The molecule has 0 spiro atoms. The molecule has 1 fully saturated rings. The molecule has 0 aliphatic carbocycles. The van der Waals surface area contributed by atoms with Gasteiger partial charge in [-0.05, 0) is 24.3 Å². The number of anilines is 1. The Balaban J connectivity index is 2.03. The minimum Gasteiger partial charge on any atom is -0.420 e. The molecule has 0 amide bonds. The van der Waals surface area contributed by atoms with Crippen molar-refractivity contribution >= 4 is 17.3 Å². The zero-order chi connectivity index (χ0) is 17.2. The molecule has 2 rings (SSSR count). The number of ether oxygens (including phenoxy) is 2. The summed E-state index contributed by atoms with van der Waals surface area (Å²) in [4.78, 5) is 0. The topological polar surface area (TPSA) is 111 Å². The fourth-order valence-electron chi connectivity index (χ4n) is 2.14. The van der Waals surface area contributed by atoms with Crippen LogP contribution in [-0.2, 0) is 4.74 Å². The SMILES string of the molecule is OC[C@@H]1O[C@@H](Nc2ccc(OC(F)(F)Cl)cc2)[C@@H](O)[C@H](O)[C@@H]1O. The molecule has 5 atom stereocenters. The molecule has 0 aromatic heterocycles. The van der Waals surface area contributed by atoms with E-state index in [0.29, 0.717) is 5.69 Å². The number of rotatable bonds is 5. The number of aliphatic hydroxyl groups is 4. The van der Waals surface area contributed by atoms with E-state index >= 15 is 0 Å². The van der Waals surface area contributed by atoms with Gasteiger partial charge in [0.1, 0.15) is 30.2 Å². The van der Waals surface area contributed by atoms with Gasteiger partial charge in [-0.3, -0.25) is 0 Å². The lowest BCUT2D eigenvalue weighted by Crippen LogP contribution is -2.60. The number of halogens is 3. The number of hydrogen-bond donors (Lipinski definition) is 5. The molecule has 1 heterocycles. The van der Waals surface area contributed by atoms with Crippen molar-refractivity contribution in [1.82, 2.24) is 0 Å². The normalized spacial score (nSPS) is 31.7. The number of nitrogens with one attached hydrogen (secondary N) is 1. The molecule has 1 aromatic rings. The standard InChI is InChI=1S/C13H16ClF2NO6/c14-13(15,16)23-7-3-1-6(2-4-7)17-12-11(21)10(20)9(19)8(5-18)22-12/h1-4,8-12,17-21H,5H2/t8-,9+,10+,11-,12+/m0/s1. The summed E-state index contributed by atoms with van der Waals surface area (Å²) >= 11 is 4.64. The summed E-state index contributed by atoms with van der Waals surface area (Å²) in [5.74, 6) is -0.177. The van der Waals surface area contributed by atoms with Gasteiger partial charge in [0, 0.05) is 17.3 Å². The van der Waals surface area contributed by atoms with Crippen LogP contribution in [0.3, 0.4) is 0 Å². The second-order valence-electron chi connectivity index (χ2n) is 4.97. The van der Waals surface area contributed by atoms with Crippen LogP contribution in [0.2, 0.25) is 0 Å². The highest BCUT2D eigenvalue weighted by atomic mass is 35.5. The zero-order valence-corrected chi connectivity index (χ0v) is 12.4. The third-order valence-electron chi connectivity index (χ3n) is 3.29. The lowest BCUT2D eigenvalue weighted by atomic mass is 9.98. The van der Waals surface area contributed by atoms with Gasteiger partial charge in [0.05, 0.1) is 6.61 Å². The molecule has 1 aromatic carbocycles. The molecule has 1 aliphatic heterocycles. The number of hydrogen-bond acceptors (Lipinski definition) is 7. The van der Waals surface area contributed by atoms with E-state index in [1.54, 1.807) is 0 Å². The molecule has 0 bridgehead atoms. The predicted molar refractivity (Wildman–Crippen MR) is 75.3 cm³/mol. The minimum absolute atomic E-state index is 0.177. The Morgan fingerprint density at radius 2 is 1.74 bits per heavy atom. The van der Waals surface area contributed by atoms with Gasteiger partial charge in [-0.25, -0.2) is 0 Å². The average molecular weight is 356 g/mol. The van der Waals surface area contributed by atoms with Gasteiger partial charge < -0.3 is 35.2 Å². The molecule has 130 valence electrons. The molecule has 0 unspecified atom stereocenters. The average Bonchev–Trinajstić information content (AvgIpc) is 2.48. The van der Waals surface area contributed by atoms with Crippen LogP contribution in [0.4, 0.5) is 14.5 Å². The van der Waals surface area contributed by atoms with Crippen LogP contribution in [0.25, 0.3) is 0 Å². The van der Waals surface area contributed by atoms with Crippen LogP contribution in [0.1, 0.15) is 0 Å². The Morgan fingerprint density at radius 3 is 2.26 bits per heavy atom. The first kappa shape index (κ1) is 18.1. The molecule has 1 saturated heterocycles. The summed E-state index contributed by atoms with van der Waals surface area (Å²) in [6, 6.07) is 5.14. The molecule has 23 heavy (non-hydrogen) atoms. The van der Waals surface area contributed by atoms with Crippen LogP contribution in [0, 0.1) is 0 Å². The van der Waals surface area contributed by atoms with Crippen LogP contribution >= 0.6 is 11.6 Å². The van der Waals surface area contributed by atoms with Gasteiger partial charge in [-0.15, -0.1) is 8.78 Å². The number of aliphatic hydroxyl groups excluding tert-OH is 4. The van der Waals surface area contributed by atoms with Crippen molar-refractivity contribution in [2.75, 3.05) is 11.9 Å². The largest absolute Gasteiger partial charge is 0.487 e. The predicted octanol–water partition coefficient (Wildman–Crippen LogP) is 0.0663. The Bertz CT molecular complexity index is 512. The van der Waals surface area contributed by atoms with Crippen LogP contribution in [0.15, 0.2) is 24.3 Å². The fraction of sp³-hybridized carbons (Fsp3) is 0.538. The van der Waals surface area contributed by atoms with E-state index in [0.717, 1.165) is 0 Å². The molecule has 0 saturated carbocycles. The van der Waals surface area contributed by atoms with Gasteiger partial charge >= 0.3 is 5.57 Å². The van der Waals surface area contributed by atoms with Gasteiger partial charge in [-0.1, -0.05) is 0 Å². The maximum absolute atomic E-state index is 12.5. The second-order valence-corrected chi connectivity index (χ2v) is 5.41. The van der Waals surface area contributed by atoms with Gasteiger partial charge in [0.25, 0.3) is 0 Å². The first-order chi connectivity index (χ1) is 10.7. The van der Waals surface area contributed by atoms with Crippen molar-refractivity contribution in [2.45, 2.75) is 36.2 Å². The first-order valence-corrected chi connectivity index (χ1v) is 7.02. The van der Waals surface area contributed by atoms with Crippen molar-refractivity contribution in [3.8, 4) is 5.75 Å². The quantitative estimate of drug-likeness (QED) is 0.475. The highest BCUT2D eigenvalue weighted by molar-refractivity contribution is 6.20. The fourth-order valence-corrected chi connectivity index (χ4v) is 2.23. The van der Waals surface area contributed by atoms with E-state index in [4.69, 9.17) is 9.84 Å². The summed E-state index contributed by atoms with van der Waals surface area (Å²) in [6.07, 6.45) is -6.61. The monoisotopic (exact) mass is 355 g/mol. The van der Waals surface area contributed by atoms with E-state index in [1.807, 2.05) is 0 Å². The first-order valence-electron chi connectivity index (χ1n) is 6.64. The molecule has 7 nitrogen and oxygen atoms in total. The van der Waals surface area contributed by atoms with E-state index in [-0.39, 0.29) is 5.75 Å². The summed E-state index contributed by atoms with van der Waals surface area (Å²) in [6.45, 7) is -0.555. The van der Waals surface area contributed by atoms with Crippen molar-refractivity contribution in [3.63, 3.8) is 0 Å². The summed E-state index contributed by atoms with van der Waals surface area (Å²) in [5, 5.41) is 41.0. The maximum Gasteiger partial charge on any atom is 0.487 e. The Labute approximate surface area is 135 Å². The third kappa shape index (κ3) is 4.63. The Hall–Kier alpha value is -1.23. The highest BCUT2D eigenvalue weighted by Crippen LogP contribution is 2.27. The van der Waals surface area contributed by atoms with Crippen molar-refractivity contribution in [3.05, 3.63) is 24.3 Å². The van der Waals surface area contributed by atoms with Gasteiger partial charge in [0.15, 0.2) is 6.23 Å². The van der Waals surface area contributed by atoms with E-state index in [9.17, 15) is 24.1 Å². The van der Waals surface area contributed by atoms with Crippen molar-refractivity contribution in [2.24, 2.45) is 0 Å². The summed E-state index contributed by atoms with van der Waals surface area (Å²) in [7, 11) is 0. The molecule has 1 aliphatic rings. The van der Waals surface area contributed by atoms with Crippen LogP contribution in [-0.4, -0.2) is 63.2 Å². The third-order valence-corrected chi connectivity index (χ3v) is 3.37. The second kappa shape index (κ2) is 7.12.